The summed E-state index contributed by atoms with van der Waals surface area (Å²) in [6.07, 6.45) is 8.49. The Bertz CT molecular complexity index is 272. The smallest absolute Gasteiger partial charge is 0.0436 e. The zero-order valence-corrected chi connectivity index (χ0v) is 8.84. The topological polar surface area (TPSA) is 12.0 Å². The number of thiophene rings is 1. The average Bonchev–Trinajstić information content (AvgIpc) is 2.64. The molecule has 1 rings (SSSR count). The number of nitrogens with one attached hydrogen (secondary N) is 1. The van der Waals surface area contributed by atoms with Crippen LogP contribution in [0, 0.1) is 0 Å². The second-order valence-corrected chi connectivity index (χ2v) is 3.69. The first-order chi connectivity index (χ1) is 6.36. The molecule has 0 amide bonds. The molecule has 1 heterocycles. The lowest BCUT2D eigenvalue weighted by Crippen LogP contribution is -2.19. The highest BCUT2D eigenvalue weighted by molar-refractivity contribution is 7.10. The lowest BCUT2D eigenvalue weighted by atomic mass is 10.2. The van der Waals surface area contributed by atoms with Gasteiger partial charge in [0, 0.05) is 10.9 Å². The minimum Gasteiger partial charge on any atom is -0.310 e. The molecule has 1 nitrogen and oxygen atoms in total. The second-order valence-electron chi connectivity index (χ2n) is 2.71. The first-order valence-electron chi connectivity index (χ1n) is 4.38. The van der Waals surface area contributed by atoms with E-state index in [2.05, 4.69) is 47.1 Å². The van der Waals surface area contributed by atoms with Gasteiger partial charge in [0.2, 0.25) is 0 Å². The van der Waals surface area contributed by atoms with Gasteiger partial charge in [-0.05, 0) is 31.5 Å². The highest BCUT2D eigenvalue weighted by Crippen LogP contribution is 2.10. The molecule has 1 atom stereocenters. The van der Waals surface area contributed by atoms with E-state index in [9.17, 15) is 0 Å². The first-order valence-corrected chi connectivity index (χ1v) is 5.26. The van der Waals surface area contributed by atoms with Crippen molar-refractivity contribution in [2.75, 3.05) is 7.05 Å². The van der Waals surface area contributed by atoms with Gasteiger partial charge in [-0.25, -0.2) is 0 Å². The van der Waals surface area contributed by atoms with Crippen molar-refractivity contribution in [3.63, 3.8) is 0 Å². The monoisotopic (exact) mass is 193 g/mol. The molecule has 0 aliphatic carbocycles. The normalized spacial score (nSPS) is 14.3. The van der Waals surface area contributed by atoms with E-state index in [0.717, 1.165) is 0 Å². The largest absolute Gasteiger partial charge is 0.310 e. The van der Waals surface area contributed by atoms with Crippen LogP contribution in [0.5, 0.6) is 0 Å². The summed E-state index contributed by atoms with van der Waals surface area (Å²) in [6.45, 7) is 2.03. The Balaban J connectivity index is 2.55. The van der Waals surface area contributed by atoms with Gasteiger partial charge in [0.25, 0.3) is 0 Å². The third-order valence-electron chi connectivity index (χ3n) is 1.74. The lowest BCUT2D eigenvalue weighted by Gasteiger charge is -2.03. The van der Waals surface area contributed by atoms with E-state index in [-0.39, 0.29) is 0 Å². The maximum atomic E-state index is 3.20. The molecule has 1 aromatic rings. The minimum absolute atomic E-state index is 0.340. The summed E-state index contributed by atoms with van der Waals surface area (Å²) in [4.78, 5) is 1.30. The van der Waals surface area contributed by atoms with Gasteiger partial charge in [-0.15, -0.1) is 11.3 Å². The Morgan fingerprint density at radius 3 is 2.85 bits per heavy atom. The quantitative estimate of drug-likeness (QED) is 0.725. The predicted octanol–water partition coefficient (Wildman–Crippen LogP) is 2.93. The molecule has 0 aromatic carbocycles. The molecule has 70 valence electrons. The summed E-state index contributed by atoms with van der Waals surface area (Å²) in [7, 11) is 1.96. The van der Waals surface area contributed by atoms with Crippen LogP contribution >= 0.6 is 11.3 Å². The summed E-state index contributed by atoms with van der Waals surface area (Å²) >= 11 is 1.75. The first kappa shape index (κ1) is 10.2. The van der Waals surface area contributed by atoms with E-state index in [1.807, 2.05) is 14.0 Å². The molecule has 0 bridgehead atoms. The highest BCUT2D eigenvalue weighted by Gasteiger charge is 1.93. The lowest BCUT2D eigenvalue weighted by molar-refractivity contribution is 0.792. The van der Waals surface area contributed by atoms with Crippen LogP contribution in [0.25, 0.3) is 6.08 Å². The fourth-order valence-corrected chi connectivity index (χ4v) is 1.68. The minimum atomic E-state index is 0.340. The molecule has 0 radical (unpaired) electrons. The van der Waals surface area contributed by atoms with Crippen LogP contribution in [0.2, 0.25) is 0 Å². The number of allylic oxidation sites excluding steroid dienone is 1. The van der Waals surface area contributed by atoms with Gasteiger partial charge < -0.3 is 5.32 Å². The van der Waals surface area contributed by atoms with Gasteiger partial charge in [-0.2, -0.15) is 0 Å². The maximum Gasteiger partial charge on any atom is 0.0436 e. The van der Waals surface area contributed by atoms with Crippen LogP contribution in [0.3, 0.4) is 0 Å². The van der Waals surface area contributed by atoms with Gasteiger partial charge in [-0.3, -0.25) is 0 Å². The molecular weight excluding hydrogens is 178 g/mol. The fraction of sp³-hybridized carbons (Fsp3) is 0.273. The van der Waals surface area contributed by atoms with Crippen LogP contribution in [-0.4, -0.2) is 13.1 Å². The SMILES string of the molecule is C/C=C\C(/C=C/c1cccs1)NC. The zero-order valence-electron chi connectivity index (χ0n) is 8.03. The summed E-state index contributed by atoms with van der Waals surface area (Å²) in [5.41, 5.74) is 0. The van der Waals surface area contributed by atoms with E-state index in [1.165, 1.54) is 4.88 Å². The van der Waals surface area contributed by atoms with Gasteiger partial charge >= 0.3 is 0 Å². The van der Waals surface area contributed by atoms with Gasteiger partial charge in [0.1, 0.15) is 0 Å². The Hall–Kier alpha value is -0.860. The van der Waals surface area contributed by atoms with Crippen molar-refractivity contribution in [1.29, 1.82) is 0 Å². The molecule has 1 unspecified atom stereocenters. The highest BCUT2D eigenvalue weighted by atomic mass is 32.1. The third kappa shape index (κ3) is 3.57. The Morgan fingerprint density at radius 2 is 2.31 bits per heavy atom. The van der Waals surface area contributed by atoms with Crippen molar-refractivity contribution in [2.24, 2.45) is 0 Å². The van der Waals surface area contributed by atoms with Crippen LogP contribution in [0.1, 0.15) is 11.8 Å². The predicted molar refractivity (Wildman–Crippen MR) is 61.0 cm³/mol. The third-order valence-corrected chi connectivity index (χ3v) is 2.58. The van der Waals surface area contributed by atoms with Crippen molar-refractivity contribution in [3.05, 3.63) is 40.6 Å². The Labute approximate surface area is 83.8 Å². The molecule has 0 aliphatic rings. The Kier molecular flexibility index (Phi) is 4.50. The average molecular weight is 193 g/mol. The molecule has 1 aromatic heterocycles. The molecule has 13 heavy (non-hydrogen) atoms. The van der Waals surface area contributed by atoms with Crippen molar-refractivity contribution >= 4 is 17.4 Å². The van der Waals surface area contributed by atoms with Crippen LogP contribution in [0.4, 0.5) is 0 Å². The van der Waals surface area contributed by atoms with E-state index < -0.39 is 0 Å². The van der Waals surface area contributed by atoms with E-state index in [4.69, 9.17) is 0 Å². The number of rotatable bonds is 4. The van der Waals surface area contributed by atoms with Crippen molar-refractivity contribution < 1.29 is 0 Å². The molecule has 2 heteroatoms. The van der Waals surface area contributed by atoms with Crippen LogP contribution in [0.15, 0.2) is 35.7 Å². The van der Waals surface area contributed by atoms with Crippen molar-refractivity contribution in [2.45, 2.75) is 13.0 Å². The zero-order chi connectivity index (χ0) is 9.52. The number of hydrogen-bond donors (Lipinski definition) is 1. The summed E-state index contributed by atoms with van der Waals surface area (Å²) in [5, 5.41) is 5.28. The summed E-state index contributed by atoms with van der Waals surface area (Å²) < 4.78 is 0. The standard InChI is InChI=1S/C11H15NS/c1-3-5-10(12-2)7-8-11-6-4-9-13-11/h3-10,12H,1-2H3/b5-3-,8-7+. The van der Waals surface area contributed by atoms with E-state index >= 15 is 0 Å². The molecule has 0 aliphatic heterocycles. The van der Waals surface area contributed by atoms with Gasteiger partial charge in [0.15, 0.2) is 0 Å². The molecular formula is C11H15NS. The number of likely N-dealkylation sites (N-methyl/N-ethyl adjacent to an activating group) is 1. The van der Waals surface area contributed by atoms with Crippen LogP contribution in [-0.2, 0) is 0 Å². The summed E-state index contributed by atoms with van der Waals surface area (Å²) in [6, 6.07) is 4.52. The molecule has 0 saturated carbocycles. The maximum absolute atomic E-state index is 3.20. The van der Waals surface area contributed by atoms with Gasteiger partial charge in [-0.1, -0.05) is 24.3 Å². The fourth-order valence-electron chi connectivity index (χ4n) is 1.05. The molecule has 1 N–H and O–H groups in total. The Morgan fingerprint density at radius 1 is 1.46 bits per heavy atom. The molecule has 0 saturated heterocycles. The molecule has 0 spiro atoms. The number of hydrogen-bond acceptors (Lipinski definition) is 2. The van der Waals surface area contributed by atoms with E-state index in [1.54, 1.807) is 11.3 Å². The summed E-state index contributed by atoms with van der Waals surface area (Å²) in [5.74, 6) is 0. The van der Waals surface area contributed by atoms with Crippen molar-refractivity contribution in [1.82, 2.24) is 5.32 Å². The van der Waals surface area contributed by atoms with E-state index in [0.29, 0.717) is 6.04 Å². The molecule has 0 fully saturated rings. The van der Waals surface area contributed by atoms with Crippen molar-refractivity contribution in [3.8, 4) is 0 Å². The van der Waals surface area contributed by atoms with Crippen LogP contribution < -0.4 is 5.32 Å². The second kappa shape index (κ2) is 5.73. The van der Waals surface area contributed by atoms with Gasteiger partial charge in [0.05, 0.1) is 0 Å².